The third-order valence-corrected chi connectivity index (χ3v) is 10.3. The maximum atomic E-state index is 5.20. The summed E-state index contributed by atoms with van der Waals surface area (Å²) in [6, 6.07) is 64.3. The monoisotopic (exact) mass is 717 g/mol. The molecule has 0 atom stereocenters. The van der Waals surface area contributed by atoms with E-state index in [2.05, 4.69) is 115 Å². The highest BCUT2D eigenvalue weighted by Crippen LogP contribution is 2.35. The predicted molar refractivity (Wildman–Crippen MR) is 226 cm³/mol. The zero-order valence-electron chi connectivity index (χ0n) is 30.0. The third kappa shape index (κ3) is 5.41. The van der Waals surface area contributed by atoms with Crippen molar-refractivity contribution in [1.29, 1.82) is 0 Å². The fraction of sp³-hybridized carbons (Fsp3) is 0. The smallest absolute Gasteiger partial charge is 0.164 e. The number of fused-ring (bicyclic) bond motifs is 4. The quantitative estimate of drug-likeness (QED) is 0.171. The summed E-state index contributed by atoms with van der Waals surface area (Å²) < 4.78 is 3.88. The molecule has 262 valence electrons. The van der Waals surface area contributed by atoms with Gasteiger partial charge in [-0.2, -0.15) is 10.2 Å². The van der Waals surface area contributed by atoms with E-state index in [9.17, 15) is 0 Å². The van der Waals surface area contributed by atoms with E-state index in [-0.39, 0.29) is 0 Å². The lowest BCUT2D eigenvalue weighted by Crippen LogP contribution is -1.97. The highest BCUT2D eigenvalue weighted by Gasteiger charge is 2.18. The first-order chi connectivity index (χ1) is 27.7. The second-order valence-corrected chi connectivity index (χ2v) is 13.9. The Morgan fingerprint density at radius 2 is 0.732 bits per heavy atom. The normalized spacial score (nSPS) is 11.6. The molecule has 11 rings (SSSR count). The molecule has 7 nitrogen and oxygen atoms in total. The van der Waals surface area contributed by atoms with Gasteiger partial charge in [0.25, 0.3) is 0 Å². The van der Waals surface area contributed by atoms with Gasteiger partial charge in [0, 0.05) is 43.8 Å². The van der Waals surface area contributed by atoms with Crippen LogP contribution < -0.4 is 0 Å². The first-order valence-electron chi connectivity index (χ1n) is 18.6. The van der Waals surface area contributed by atoms with Crippen molar-refractivity contribution in [1.82, 2.24) is 34.5 Å². The number of hydrogen-bond donors (Lipinski definition) is 0. The molecule has 0 unspecified atom stereocenters. The number of hydrogen-bond acceptors (Lipinski definition) is 5. The summed E-state index contributed by atoms with van der Waals surface area (Å²) >= 11 is 0. The van der Waals surface area contributed by atoms with Gasteiger partial charge >= 0.3 is 0 Å². The van der Waals surface area contributed by atoms with Crippen LogP contribution in [0, 0.1) is 0 Å². The molecule has 0 aliphatic carbocycles. The maximum absolute atomic E-state index is 5.20. The first-order valence-corrected chi connectivity index (χ1v) is 18.6. The summed E-state index contributed by atoms with van der Waals surface area (Å²) in [6.07, 6.45) is 0. The Balaban J connectivity index is 1.00. The van der Waals surface area contributed by atoms with E-state index in [0.717, 1.165) is 100 Å². The second-order valence-electron chi connectivity index (χ2n) is 13.9. The van der Waals surface area contributed by atoms with Crippen LogP contribution in [0.3, 0.4) is 0 Å². The van der Waals surface area contributed by atoms with Crippen molar-refractivity contribution < 1.29 is 0 Å². The number of nitrogens with zero attached hydrogens (tertiary/aromatic N) is 7. The Labute approximate surface area is 321 Å². The van der Waals surface area contributed by atoms with E-state index in [1.54, 1.807) is 0 Å². The molecule has 5 heterocycles. The van der Waals surface area contributed by atoms with E-state index < -0.39 is 0 Å². The molecule has 7 heteroatoms. The lowest BCUT2D eigenvalue weighted by molar-refractivity contribution is 0.903. The lowest BCUT2D eigenvalue weighted by Gasteiger charge is -2.09. The summed E-state index contributed by atoms with van der Waals surface area (Å²) in [5.41, 5.74) is 13.1. The van der Waals surface area contributed by atoms with Gasteiger partial charge in [-0.25, -0.2) is 24.3 Å². The zero-order valence-corrected chi connectivity index (χ0v) is 30.0. The van der Waals surface area contributed by atoms with Crippen LogP contribution >= 0.6 is 0 Å². The molecule has 0 aliphatic rings. The predicted octanol–water partition coefficient (Wildman–Crippen LogP) is 11.5. The van der Waals surface area contributed by atoms with Crippen molar-refractivity contribution >= 4 is 43.9 Å². The molecule has 5 aromatic heterocycles. The van der Waals surface area contributed by atoms with Gasteiger partial charge in [-0.3, -0.25) is 0 Å². The van der Waals surface area contributed by atoms with Crippen LogP contribution in [0.15, 0.2) is 188 Å². The fourth-order valence-electron chi connectivity index (χ4n) is 7.60. The molecule has 0 radical (unpaired) electrons. The molecular weight excluding hydrogens is 687 g/mol. The van der Waals surface area contributed by atoms with E-state index in [1.807, 2.05) is 82.2 Å². The Bertz CT molecular complexity index is 3010. The Hall–Kier alpha value is -7.77. The number of pyridine rings is 3. The van der Waals surface area contributed by atoms with Gasteiger partial charge in [0.15, 0.2) is 11.3 Å². The van der Waals surface area contributed by atoms with E-state index in [4.69, 9.17) is 25.1 Å². The molecule has 0 saturated heterocycles. The van der Waals surface area contributed by atoms with Gasteiger partial charge in [0.05, 0.1) is 33.8 Å². The van der Waals surface area contributed by atoms with Crippen LogP contribution in [0.1, 0.15) is 0 Å². The third-order valence-electron chi connectivity index (χ3n) is 10.3. The van der Waals surface area contributed by atoms with Gasteiger partial charge in [0.2, 0.25) is 0 Å². The van der Waals surface area contributed by atoms with Crippen LogP contribution in [0.25, 0.3) is 100 Å². The first kappa shape index (κ1) is 31.7. The fourth-order valence-corrected chi connectivity index (χ4v) is 7.60. The molecule has 0 spiro atoms. The van der Waals surface area contributed by atoms with Crippen molar-refractivity contribution in [3.05, 3.63) is 188 Å². The summed E-state index contributed by atoms with van der Waals surface area (Å²) in [5.74, 6) is 0. The number of aromatic nitrogens is 7. The highest BCUT2D eigenvalue weighted by atomic mass is 15.3. The van der Waals surface area contributed by atoms with Crippen LogP contribution in [-0.4, -0.2) is 34.5 Å². The van der Waals surface area contributed by atoms with Crippen molar-refractivity contribution in [2.24, 2.45) is 0 Å². The minimum atomic E-state index is 0.821. The molecule has 6 aromatic carbocycles. The minimum Gasteiger partial charge on any atom is -0.248 e. The van der Waals surface area contributed by atoms with Gasteiger partial charge in [-0.15, -0.1) is 0 Å². The molecule has 0 bridgehead atoms. The summed E-state index contributed by atoms with van der Waals surface area (Å²) in [6.45, 7) is 0. The standard InChI is InChI=1S/C49H31N7/c1-5-14-32(15-6-1)46-40-30-36-28-34(24-26-44(36)51-48(40)55(53-46)38-18-9-3-10-19-38)42-22-13-23-43(50-42)35-25-27-45-37(29-35)31-41-47(33-16-7-2-8-17-33)54-56(49(41)52-45)39-20-11-4-12-21-39/h1-31H. The van der Waals surface area contributed by atoms with Crippen molar-refractivity contribution in [2.45, 2.75) is 0 Å². The minimum absolute atomic E-state index is 0.821. The van der Waals surface area contributed by atoms with Crippen LogP contribution in [0.4, 0.5) is 0 Å². The lowest BCUT2D eigenvalue weighted by atomic mass is 10.0. The number of benzene rings is 6. The SMILES string of the molecule is c1ccc(-c2nn(-c3ccccc3)c3nc4ccc(-c5cccc(-c6ccc7nc8c(cc7c6)c(-c6ccccc6)nn8-c6ccccc6)n5)cc4cc23)cc1. The average molecular weight is 718 g/mol. The Kier molecular flexibility index (Phi) is 7.35. The average Bonchev–Trinajstić information content (AvgIpc) is 3.84. The topological polar surface area (TPSA) is 74.3 Å². The van der Waals surface area contributed by atoms with E-state index in [1.165, 1.54) is 0 Å². The van der Waals surface area contributed by atoms with Crippen LogP contribution in [0.5, 0.6) is 0 Å². The molecule has 11 aromatic rings. The van der Waals surface area contributed by atoms with Gasteiger partial charge < -0.3 is 0 Å². The molecule has 0 saturated carbocycles. The molecule has 0 N–H and O–H groups in total. The number of rotatable bonds is 6. The molecule has 0 fully saturated rings. The Morgan fingerprint density at radius 1 is 0.321 bits per heavy atom. The summed E-state index contributed by atoms with van der Waals surface area (Å²) in [4.78, 5) is 15.5. The van der Waals surface area contributed by atoms with E-state index >= 15 is 0 Å². The maximum Gasteiger partial charge on any atom is 0.164 e. The highest BCUT2D eigenvalue weighted by molar-refractivity contribution is 6.02. The van der Waals surface area contributed by atoms with Crippen LogP contribution in [0.2, 0.25) is 0 Å². The van der Waals surface area contributed by atoms with Crippen LogP contribution in [-0.2, 0) is 0 Å². The van der Waals surface area contributed by atoms with Crippen molar-refractivity contribution in [3.8, 4) is 56.4 Å². The molecule has 0 amide bonds. The largest absolute Gasteiger partial charge is 0.248 e. The summed E-state index contributed by atoms with van der Waals surface area (Å²) in [7, 11) is 0. The molecule has 0 aliphatic heterocycles. The second kappa shape index (κ2) is 13.0. The molecular formula is C49H31N7. The zero-order chi connectivity index (χ0) is 37.0. The Morgan fingerprint density at radius 3 is 1.16 bits per heavy atom. The van der Waals surface area contributed by atoms with E-state index in [0.29, 0.717) is 0 Å². The number of para-hydroxylation sites is 2. The van der Waals surface area contributed by atoms with Crippen molar-refractivity contribution in [3.63, 3.8) is 0 Å². The molecule has 56 heavy (non-hydrogen) atoms. The van der Waals surface area contributed by atoms with Gasteiger partial charge in [-0.05, 0) is 72.8 Å². The van der Waals surface area contributed by atoms with Crippen molar-refractivity contribution in [2.75, 3.05) is 0 Å². The van der Waals surface area contributed by atoms with Gasteiger partial charge in [-0.1, -0.05) is 115 Å². The van der Waals surface area contributed by atoms with Gasteiger partial charge in [0.1, 0.15) is 11.4 Å². The summed E-state index contributed by atoms with van der Waals surface area (Å²) in [5, 5.41) is 14.2.